The van der Waals surface area contributed by atoms with Gasteiger partial charge in [0.1, 0.15) is 5.69 Å². The number of nitrogens with two attached hydrogens (primary N) is 1. The van der Waals surface area contributed by atoms with Crippen molar-refractivity contribution in [3.63, 3.8) is 0 Å². The van der Waals surface area contributed by atoms with Gasteiger partial charge in [-0.1, -0.05) is 23.2 Å². The number of aryl methyl sites for hydroxylation is 2. The molecule has 1 amide bonds. The summed E-state index contributed by atoms with van der Waals surface area (Å²) >= 11 is 11.8. The van der Waals surface area contributed by atoms with Crippen LogP contribution >= 0.6 is 23.2 Å². The van der Waals surface area contributed by atoms with Crippen LogP contribution in [-0.4, -0.2) is 15.7 Å². The smallest absolute Gasteiger partial charge is 0.276 e. The lowest BCUT2D eigenvalue weighted by molar-refractivity contribution is 0.101. The van der Waals surface area contributed by atoms with Crippen LogP contribution in [-0.2, 0) is 7.05 Å². The SMILES string of the molecule is Cc1nn(C)c(C(=O)Nc2cc(Cl)ccc2Cl)c1N. The van der Waals surface area contributed by atoms with Crippen LogP contribution in [0.3, 0.4) is 0 Å². The molecular weight excluding hydrogens is 287 g/mol. The standard InChI is InChI=1S/C12H12Cl2N4O/c1-6-10(15)11(18(2)17-6)12(19)16-9-5-7(13)3-4-8(9)14/h3-5H,15H2,1-2H3,(H,16,19). The van der Waals surface area contributed by atoms with Gasteiger partial charge < -0.3 is 11.1 Å². The van der Waals surface area contributed by atoms with E-state index in [2.05, 4.69) is 10.4 Å². The summed E-state index contributed by atoms with van der Waals surface area (Å²) in [5.74, 6) is -0.384. The number of nitrogen functional groups attached to an aromatic ring is 1. The normalized spacial score (nSPS) is 10.5. The van der Waals surface area contributed by atoms with Gasteiger partial charge in [-0.25, -0.2) is 0 Å². The molecule has 0 fully saturated rings. The molecule has 0 atom stereocenters. The number of halogens is 2. The first kappa shape index (κ1) is 13.7. The Bertz CT molecular complexity index is 651. The Morgan fingerprint density at radius 3 is 2.68 bits per heavy atom. The molecule has 0 radical (unpaired) electrons. The van der Waals surface area contributed by atoms with Crippen molar-refractivity contribution in [3.8, 4) is 0 Å². The van der Waals surface area contributed by atoms with Crippen LogP contribution in [0, 0.1) is 6.92 Å². The number of rotatable bonds is 2. The van der Waals surface area contributed by atoms with Gasteiger partial charge in [0, 0.05) is 12.1 Å². The average Bonchev–Trinajstić information content (AvgIpc) is 2.58. The van der Waals surface area contributed by atoms with E-state index in [0.29, 0.717) is 27.1 Å². The molecule has 1 heterocycles. The molecule has 0 saturated carbocycles. The fraction of sp³-hybridized carbons (Fsp3) is 0.167. The first-order valence-electron chi connectivity index (χ1n) is 5.45. The number of aromatic nitrogens is 2. The molecule has 7 heteroatoms. The zero-order valence-corrected chi connectivity index (χ0v) is 11.9. The highest BCUT2D eigenvalue weighted by Crippen LogP contribution is 2.26. The predicted octanol–water partition coefficient (Wildman–Crippen LogP) is 2.87. The molecule has 3 N–H and O–H groups in total. The number of carbonyl (C=O) groups is 1. The Morgan fingerprint density at radius 2 is 2.11 bits per heavy atom. The highest BCUT2D eigenvalue weighted by Gasteiger charge is 2.18. The number of hydrogen-bond acceptors (Lipinski definition) is 3. The molecule has 100 valence electrons. The summed E-state index contributed by atoms with van der Waals surface area (Å²) in [6.45, 7) is 1.73. The van der Waals surface area contributed by atoms with Crippen molar-refractivity contribution in [2.24, 2.45) is 7.05 Å². The van der Waals surface area contributed by atoms with Gasteiger partial charge in [0.15, 0.2) is 0 Å². The van der Waals surface area contributed by atoms with Crippen molar-refractivity contribution >= 4 is 40.5 Å². The summed E-state index contributed by atoms with van der Waals surface area (Å²) in [5, 5.41) is 7.63. The van der Waals surface area contributed by atoms with Crippen molar-refractivity contribution in [1.82, 2.24) is 9.78 Å². The van der Waals surface area contributed by atoms with Gasteiger partial charge in [-0.05, 0) is 25.1 Å². The second kappa shape index (κ2) is 5.11. The van der Waals surface area contributed by atoms with Gasteiger partial charge in [0.2, 0.25) is 0 Å². The third-order valence-electron chi connectivity index (χ3n) is 2.66. The third kappa shape index (κ3) is 2.67. The highest BCUT2D eigenvalue weighted by atomic mass is 35.5. The number of amides is 1. The van der Waals surface area contributed by atoms with Gasteiger partial charge in [-0.2, -0.15) is 5.10 Å². The Labute approximate surface area is 120 Å². The fourth-order valence-electron chi connectivity index (χ4n) is 1.72. The fourth-order valence-corrected chi connectivity index (χ4v) is 2.06. The molecule has 0 unspecified atom stereocenters. The second-order valence-corrected chi connectivity index (χ2v) is 4.89. The quantitative estimate of drug-likeness (QED) is 0.895. The number of anilines is 2. The molecule has 0 saturated heterocycles. The van der Waals surface area contributed by atoms with E-state index in [0.717, 1.165) is 0 Å². The van der Waals surface area contributed by atoms with E-state index in [1.165, 1.54) is 4.68 Å². The monoisotopic (exact) mass is 298 g/mol. The topological polar surface area (TPSA) is 72.9 Å². The largest absolute Gasteiger partial charge is 0.395 e. The van der Waals surface area contributed by atoms with Crippen LogP contribution in [0.25, 0.3) is 0 Å². The molecule has 2 rings (SSSR count). The van der Waals surface area contributed by atoms with E-state index in [-0.39, 0.29) is 11.6 Å². The predicted molar refractivity (Wildman–Crippen MR) is 76.8 cm³/mol. The molecule has 19 heavy (non-hydrogen) atoms. The van der Waals surface area contributed by atoms with Crippen LogP contribution in [0.15, 0.2) is 18.2 Å². The van der Waals surface area contributed by atoms with Gasteiger partial charge in [0.05, 0.1) is 22.1 Å². The van der Waals surface area contributed by atoms with Crippen LogP contribution < -0.4 is 11.1 Å². The minimum Gasteiger partial charge on any atom is -0.395 e. The van der Waals surface area contributed by atoms with Gasteiger partial charge in [-0.15, -0.1) is 0 Å². The maximum Gasteiger partial charge on any atom is 0.276 e. The van der Waals surface area contributed by atoms with Gasteiger partial charge in [-0.3, -0.25) is 9.48 Å². The summed E-state index contributed by atoms with van der Waals surface area (Å²) in [6, 6.07) is 4.82. The Balaban J connectivity index is 2.33. The molecule has 0 bridgehead atoms. The molecule has 1 aromatic carbocycles. The lowest BCUT2D eigenvalue weighted by Gasteiger charge is -2.08. The van der Waals surface area contributed by atoms with Crippen LogP contribution in [0.1, 0.15) is 16.2 Å². The van der Waals surface area contributed by atoms with E-state index in [9.17, 15) is 4.79 Å². The molecule has 0 aliphatic carbocycles. The lowest BCUT2D eigenvalue weighted by atomic mass is 10.2. The van der Waals surface area contributed by atoms with Gasteiger partial charge >= 0.3 is 0 Å². The van der Waals surface area contributed by atoms with E-state index < -0.39 is 0 Å². The van der Waals surface area contributed by atoms with Crippen LogP contribution in [0.5, 0.6) is 0 Å². The summed E-state index contributed by atoms with van der Waals surface area (Å²) in [7, 11) is 1.65. The first-order chi connectivity index (χ1) is 8.90. The zero-order valence-electron chi connectivity index (χ0n) is 10.4. The second-order valence-electron chi connectivity index (χ2n) is 4.05. The molecule has 2 aromatic rings. The maximum atomic E-state index is 12.2. The van der Waals surface area contributed by atoms with Gasteiger partial charge in [0.25, 0.3) is 5.91 Å². The zero-order chi connectivity index (χ0) is 14.2. The molecular formula is C12H12Cl2N4O. The van der Waals surface area contributed by atoms with E-state index in [1.807, 2.05) is 0 Å². The first-order valence-corrected chi connectivity index (χ1v) is 6.21. The number of benzene rings is 1. The number of nitrogens with one attached hydrogen (secondary N) is 1. The van der Waals surface area contributed by atoms with Crippen molar-refractivity contribution in [1.29, 1.82) is 0 Å². The van der Waals surface area contributed by atoms with Crippen molar-refractivity contribution in [3.05, 3.63) is 39.6 Å². The van der Waals surface area contributed by atoms with Crippen molar-refractivity contribution in [2.45, 2.75) is 6.92 Å². The molecule has 1 aromatic heterocycles. The summed E-state index contributed by atoms with van der Waals surface area (Å²) < 4.78 is 1.43. The maximum absolute atomic E-state index is 12.2. The van der Waals surface area contributed by atoms with Crippen LogP contribution in [0.4, 0.5) is 11.4 Å². The van der Waals surface area contributed by atoms with Crippen molar-refractivity contribution < 1.29 is 4.79 Å². The third-order valence-corrected chi connectivity index (χ3v) is 3.22. The van der Waals surface area contributed by atoms with E-state index >= 15 is 0 Å². The summed E-state index contributed by atoms with van der Waals surface area (Å²) in [6.07, 6.45) is 0. The highest BCUT2D eigenvalue weighted by molar-refractivity contribution is 6.35. The lowest BCUT2D eigenvalue weighted by Crippen LogP contribution is -2.17. The molecule has 0 aliphatic rings. The minimum atomic E-state index is -0.384. The summed E-state index contributed by atoms with van der Waals surface area (Å²) in [5.41, 5.74) is 7.48. The Hall–Kier alpha value is -1.72. The van der Waals surface area contributed by atoms with E-state index in [1.54, 1.807) is 32.2 Å². The molecule has 5 nitrogen and oxygen atoms in total. The Morgan fingerprint density at radius 1 is 1.42 bits per heavy atom. The number of hydrogen-bond donors (Lipinski definition) is 2. The minimum absolute atomic E-state index is 0.286. The number of nitrogens with zero attached hydrogens (tertiary/aromatic N) is 2. The average molecular weight is 299 g/mol. The van der Waals surface area contributed by atoms with Crippen molar-refractivity contribution in [2.75, 3.05) is 11.1 Å². The molecule has 0 aliphatic heterocycles. The molecule has 0 spiro atoms. The number of carbonyl (C=O) groups excluding carboxylic acids is 1. The summed E-state index contributed by atoms with van der Waals surface area (Å²) in [4.78, 5) is 12.2. The van der Waals surface area contributed by atoms with E-state index in [4.69, 9.17) is 28.9 Å². The Kier molecular flexibility index (Phi) is 3.68. The van der Waals surface area contributed by atoms with Crippen LogP contribution in [0.2, 0.25) is 10.0 Å².